The van der Waals surface area contributed by atoms with Crippen LogP contribution in [0.2, 0.25) is 0 Å². The van der Waals surface area contributed by atoms with E-state index in [1.807, 2.05) is 18.2 Å². The smallest absolute Gasteiger partial charge is 0.251 e. The second-order valence-electron chi connectivity index (χ2n) is 8.22. The lowest BCUT2D eigenvalue weighted by Crippen LogP contribution is -2.39. The van der Waals surface area contributed by atoms with E-state index in [1.54, 1.807) is 11.3 Å². The highest BCUT2D eigenvalue weighted by Gasteiger charge is 2.18. The van der Waals surface area contributed by atoms with Crippen LogP contribution in [-0.2, 0) is 0 Å². The predicted octanol–water partition coefficient (Wildman–Crippen LogP) is 4.28. The van der Waals surface area contributed by atoms with Gasteiger partial charge < -0.3 is 15.1 Å². The van der Waals surface area contributed by atoms with Crippen LogP contribution in [0.3, 0.4) is 0 Å². The number of amides is 1. The average Bonchev–Trinajstić information content (AvgIpc) is 3.16. The molecule has 2 fully saturated rings. The minimum atomic E-state index is 0.0292. The summed E-state index contributed by atoms with van der Waals surface area (Å²) in [4.78, 5) is 22.3. The number of carbonyl (C=O) groups is 1. The molecule has 28 heavy (non-hydrogen) atoms. The van der Waals surface area contributed by atoms with Crippen molar-refractivity contribution in [3.8, 4) is 0 Å². The van der Waals surface area contributed by atoms with Gasteiger partial charge in [0, 0.05) is 37.8 Å². The van der Waals surface area contributed by atoms with Gasteiger partial charge in [0.05, 0.1) is 10.2 Å². The van der Waals surface area contributed by atoms with Crippen LogP contribution >= 0.6 is 11.3 Å². The lowest BCUT2D eigenvalue weighted by Gasteiger charge is -2.33. The Kier molecular flexibility index (Phi) is 6.47. The zero-order valence-corrected chi connectivity index (χ0v) is 17.8. The Morgan fingerprint density at radius 3 is 2.82 bits per heavy atom. The number of aromatic nitrogens is 1. The Hall–Kier alpha value is -1.66. The molecule has 0 radical (unpaired) electrons. The maximum absolute atomic E-state index is 12.6. The molecule has 1 N–H and O–H groups in total. The molecule has 152 valence electrons. The molecule has 6 heteroatoms. The van der Waals surface area contributed by atoms with E-state index in [1.165, 1.54) is 45.1 Å². The molecule has 1 amide bonds. The fourth-order valence-electron chi connectivity index (χ4n) is 4.35. The summed E-state index contributed by atoms with van der Waals surface area (Å²) in [5.74, 6) is 0.0292. The van der Waals surface area contributed by atoms with Crippen LogP contribution in [0.5, 0.6) is 0 Å². The zero-order valence-electron chi connectivity index (χ0n) is 17.0. The Bertz CT molecular complexity index is 799. The number of thiazole rings is 1. The second-order valence-corrected chi connectivity index (χ2v) is 9.23. The molecular formula is C22H32N4OS. The number of piperidine rings is 2. The van der Waals surface area contributed by atoms with Crippen molar-refractivity contribution in [2.75, 3.05) is 37.6 Å². The van der Waals surface area contributed by atoms with Gasteiger partial charge in [0.2, 0.25) is 0 Å². The number of carbonyl (C=O) groups excluding carboxylic acids is 1. The van der Waals surface area contributed by atoms with E-state index in [9.17, 15) is 4.79 Å². The molecular weight excluding hydrogens is 368 g/mol. The van der Waals surface area contributed by atoms with Crippen molar-refractivity contribution >= 4 is 32.6 Å². The van der Waals surface area contributed by atoms with Gasteiger partial charge in [0.1, 0.15) is 0 Å². The summed E-state index contributed by atoms with van der Waals surface area (Å²) < 4.78 is 1.11. The monoisotopic (exact) mass is 400 g/mol. The van der Waals surface area contributed by atoms with E-state index in [-0.39, 0.29) is 5.91 Å². The molecule has 0 unspecified atom stereocenters. The molecule has 5 nitrogen and oxygen atoms in total. The maximum atomic E-state index is 12.6. The Morgan fingerprint density at radius 2 is 2.00 bits per heavy atom. The molecule has 3 heterocycles. The van der Waals surface area contributed by atoms with Gasteiger partial charge >= 0.3 is 0 Å². The lowest BCUT2D eigenvalue weighted by molar-refractivity contribution is 0.0949. The van der Waals surface area contributed by atoms with Gasteiger partial charge in [-0.15, -0.1) is 0 Å². The van der Waals surface area contributed by atoms with Crippen LogP contribution < -0.4 is 10.2 Å². The molecule has 0 saturated carbocycles. The highest BCUT2D eigenvalue weighted by Crippen LogP contribution is 2.31. The van der Waals surface area contributed by atoms with Crippen LogP contribution in [0.15, 0.2) is 18.2 Å². The molecule has 1 atom stereocenters. The Morgan fingerprint density at radius 1 is 1.18 bits per heavy atom. The highest BCUT2D eigenvalue weighted by atomic mass is 32.1. The first kappa shape index (κ1) is 19.6. The molecule has 0 aliphatic carbocycles. The lowest BCUT2D eigenvalue weighted by atomic mass is 10.0. The molecule has 4 rings (SSSR count). The van der Waals surface area contributed by atoms with E-state index in [4.69, 9.17) is 4.98 Å². The van der Waals surface area contributed by atoms with Crippen molar-refractivity contribution < 1.29 is 4.79 Å². The fraction of sp³-hybridized carbons (Fsp3) is 0.636. The highest BCUT2D eigenvalue weighted by molar-refractivity contribution is 7.22. The fourth-order valence-corrected chi connectivity index (χ4v) is 5.41. The first-order valence-corrected chi connectivity index (χ1v) is 11.7. The van der Waals surface area contributed by atoms with Crippen molar-refractivity contribution in [1.29, 1.82) is 0 Å². The number of anilines is 1. The molecule has 2 aliphatic heterocycles. The number of benzene rings is 1. The van der Waals surface area contributed by atoms with Gasteiger partial charge in [-0.25, -0.2) is 4.98 Å². The molecule has 2 saturated heterocycles. The quantitative estimate of drug-likeness (QED) is 0.735. The van der Waals surface area contributed by atoms with Crippen molar-refractivity contribution in [2.24, 2.45) is 0 Å². The normalized spacial score (nSPS) is 21.2. The van der Waals surface area contributed by atoms with Crippen LogP contribution in [0.25, 0.3) is 10.2 Å². The molecule has 2 aliphatic rings. The van der Waals surface area contributed by atoms with Gasteiger partial charge in [-0.1, -0.05) is 17.8 Å². The van der Waals surface area contributed by atoms with Crippen molar-refractivity contribution in [2.45, 2.75) is 57.9 Å². The number of hydrogen-bond donors (Lipinski definition) is 1. The summed E-state index contributed by atoms with van der Waals surface area (Å²) >= 11 is 1.71. The summed E-state index contributed by atoms with van der Waals surface area (Å²) in [5, 5.41) is 4.20. The van der Waals surface area contributed by atoms with Gasteiger partial charge in [0.15, 0.2) is 5.13 Å². The topological polar surface area (TPSA) is 48.5 Å². The second kappa shape index (κ2) is 9.23. The summed E-state index contributed by atoms with van der Waals surface area (Å²) in [6.45, 7) is 7.54. The number of fused-ring (bicyclic) bond motifs is 1. The van der Waals surface area contributed by atoms with Crippen LogP contribution in [0.4, 0.5) is 5.13 Å². The van der Waals surface area contributed by atoms with E-state index in [0.29, 0.717) is 6.04 Å². The number of nitrogens with one attached hydrogen (secondary N) is 1. The van der Waals surface area contributed by atoms with E-state index >= 15 is 0 Å². The number of hydrogen-bond acceptors (Lipinski definition) is 5. The zero-order chi connectivity index (χ0) is 19.3. The van der Waals surface area contributed by atoms with E-state index in [0.717, 1.165) is 53.5 Å². The molecule has 2 aromatic rings. The van der Waals surface area contributed by atoms with Crippen molar-refractivity contribution in [3.63, 3.8) is 0 Å². The average molecular weight is 401 g/mol. The van der Waals surface area contributed by atoms with Crippen molar-refractivity contribution in [3.05, 3.63) is 23.8 Å². The minimum Gasteiger partial charge on any atom is -0.352 e. The summed E-state index contributed by atoms with van der Waals surface area (Å²) in [5.41, 5.74) is 1.74. The molecule has 0 spiro atoms. The van der Waals surface area contributed by atoms with Gasteiger partial charge in [-0.2, -0.15) is 0 Å². The standard InChI is InChI=1S/C22H32N4OS/c1-17-8-3-6-12-25(17)15-7-11-23-21(27)18-9-10-19-20(16-18)28-22(24-19)26-13-4-2-5-14-26/h9-10,16-17H,2-8,11-15H2,1H3,(H,23,27)/t17-/m0/s1. The summed E-state index contributed by atoms with van der Waals surface area (Å²) in [6.07, 6.45) is 8.81. The summed E-state index contributed by atoms with van der Waals surface area (Å²) in [6, 6.07) is 6.59. The molecule has 0 bridgehead atoms. The SMILES string of the molecule is C[C@H]1CCCCN1CCCNC(=O)c1ccc2nc(N3CCCCC3)sc2c1. The van der Waals surface area contributed by atoms with E-state index in [2.05, 4.69) is 22.0 Å². The third-order valence-electron chi connectivity index (χ3n) is 6.11. The third-order valence-corrected chi connectivity index (χ3v) is 7.19. The van der Waals surface area contributed by atoms with Gasteiger partial charge in [-0.3, -0.25) is 4.79 Å². The first-order chi connectivity index (χ1) is 13.7. The van der Waals surface area contributed by atoms with Gasteiger partial charge in [0.25, 0.3) is 5.91 Å². The van der Waals surface area contributed by atoms with Crippen molar-refractivity contribution in [1.82, 2.24) is 15.2 Å². The van der Waals surface area contributed by atoms with E-state index < -0.39 is 0 Å². The Balaban J connectivity index is 1.31. The summed E-state index contributed by atoms with van der Waals surface area (Å²) in [7, 11) is 0. The van der Waals surface area contributed by atoms with Crippen LogP contribution in [-0.4, -0.2) is 54.6 Å². The maximum Gasteiger partial charge on any atom is 0.251 e. The molecule has 1 aromatic heterocycles. The van der Waals surface area contributed by atoms with Crippen LogP contribution in [0, 0.1) is 0 Å². The minimum absolute atomic E-state index is 0.0292. The largest absolute Gasteiger partial charge is 0.352 e. The number of nitrogens with zero attached hydrogens (tertiary/aromatic N) is 3. The Labute approximate surface area is 172 Å². The third kappa shape index (κ3) is 4.66. The first-order valence-electron chi connectivity index (χ1n) is 10.9. The predicted molar refractivity (Wildman–Crippen MR) is 118 cm³/mol. The van der Waals surface area contributed by atoms with Crippen LogP contribution in [0.1, 0.15) is 62.2 Å². The number of rotatable bonds is 6. The van der Waals surface area contributed by atoms with Gasteiger partial charge in [-0.05, 0) is 70.2 Å². The number of likely N-dealkylation sites (tertiary alicyclic amines) is 1. The molecule has 1 aromatic carbocycles.